The van der Waals surface area contributed by atoms with E-state index in [-0.39, 0.29) is 5.91 Å². The molecule has 0 saturated heterocycles. The zero-order valence-electron chi connectivity index (χ0n) is 12.9. The Labute approximate surface area is 127 Å². The van der Waals surface area contributed by atoms with E-state index in [1.165, 1.54) is 5.56 Å². The van der Waals surface area contributed by atoms with Gasteiger partial charge in [0.05, 0.1) is 13.2 Å². The summed E-state index contributed by atoms with van der Waals surface area (Å²) in [6.07, 6.45) is 4.21. The fraction of sp³-hybridized carbons (Fsp3) is 0.588. The lowest BCUT2D eigenvalue weighted by Crippen LogP contribution is -2.36. The molecule has 1 aromatic rings. The quantitative estimate of drug-likeness (QED) is 0.669. The van der Waals surface area contributed by atoms with Crippen LogP contribution in [0.15, 0.2) is 30.3 Å². The van der Waals surface area contributed by atoms with Gasteiger partial charge in [-0.15, -0.1) is 0 Å². The molecule has 0 atom stereocenters. The molecule has 1 saturated carbocycles. The first-order valence-electron chi connectivity index (χ1n) is 7.83. The number of carbonyl (C=O) groups excluding carboxylic acids is 1. The van der Waals surface area contributed by atoms with Crippen LogP contribution in [0.2, 0.25) is 0 Å². The molecule has 1 amide bonds. The molecule has 4 nitrogen and oxygen atoms in total. The summed E-state index contributed by atoms with van der Waals surface area (Å²) in [6, 6.07) is 10.8. The van der Waals surface area contributed by atoms with Gasteiger partial charge >= 0.3 is 0 Å². The van der Waals surface area contributed by atoms with E-state index in [1.807, 2.05) is 13.1 Å². The molecule has 0 heterocycles. The van der Waals surface area contributed by atoms with Gasteiger partial charge in [-0.2, -0.15) is 0 Å². The highest BCUT2D eigenvalue weighted by molar-refractivity contribution is 5.78. The number of nitrogens with one attached hydrogen (secondary N) is 1. The summed E-state index contributed by atoms with van der Waals surface area (Å²) in [5.41, 5.74) is 1.31. The molecular weight excluding hydrogens is 264 g/mol. The van der Waals surface area contributed by atoms with E-state index < -0.39 is 0 Å². The van der Waals surface area contributed by atoms with Crippen molar-refractivity contribution in [2.24, 2.45) is 0 Å². The number of ether oxygens (including phenoxy) is 1. The van der Waals surface area contributed by atoms with Crippen molar-refractivity contribution >= 4 is 5.91 Å². The molecular formula is C17H26N2O2. The van der Waals surface area contributed by atoms with Gasteiger partial charge in [-0.1, -0.05) is 30.3 Å². The standard InChI is InChI=1S/C17H26N2O2/c1-19(14-17(20)18-16-8-9-16)11-5-12-21-13-10-15-6-3-2-4-7-15/h2-4,6-7,16H,5,8-14H2,1H3,(H,18,20). The third kappa shape index (κ3) is 7.25. The number of likely N-dealkylation sites (N-methyl/N-ethyl adjacent to an activating group) is 1. The molecule has 0 radical (unpaired) electrons. The second-order valence-electron chi connectivity index (χ2n) is 5.78. The van der Waals surface area contributed by atoms with Crippen molar-refractivity contribution in [3.8, 4) is 0 Å². The monoisotopic (exact) mass is 290 g/mol. The predicted molar refractivity (Wildman–Crippen MR) is 84.2 cm³/mol. The number of rotatable bonds is 10. The Morgan fingerprint density at radius 1 is 1.29 bits per heavy atom. The van der Waals surface area contributed by atoms with Crippen LogP contribution in [0, 0.1) is 0 Å². The molecule has 1 N–H and O–H groups in total. The van der Waals surface area contributed by atoms with E-state index in [9.17, 15) is 4.79 Å². The Kier molecular flexibility index (Phi) is 6.70. The van der Waals surface area contributed by atoms with Gasteiger partial charge in [0.15, 0.2) is 0 Å². The van der Waals surface area contributed by atoms with E-state index in [0.29, 0.717) is 12.6 Å². The zero-order chi connectivity index (χ0) is 14.9. The Morgan fingerprint density at radius 3 is 2.76 bits per heavy atom. The second kappa shape index (κ2) is 8.80. The van der Waals surface area contributed by atoms with Crippen LogP contribution in [0.4, 0.5) is 0 Å². The lowest BCUT2D eigenvalue weighted by molar-refractivity contribution is -0.122. The van der Waals surface area contributed by atoms with E-state index >= 15 is 0 Å². The maximum atomic E-state index is 11.6. The molecule has 21 heavy (non-hydrogen) atoms. The molecule has 0 aliphatic heterocycles. The minimum atomic E-state index is 0.144. The lowest BCUT2D eigenvalue weighted by atomic mass is 10.2. The molecule has 0 aromatic heterocycles. The number of benzene rings is 1. The molecule has 1 aliphatic rings. The first kappa shape index (κ1) is 16.0. The molecule has 4 heteroatoms. The van der Waals surface area contributed by atoms with Gasteiger partial charge in [0.2, 0.25) is 5.91 Å². The second-order valence-corrected chi connectivity index (χ2v) is 5.78. The highest BCUT2D eigenvalue weighted by atomic mass is 16.5. The predicted octanol–water partition coefficient (Wildman–Crippen LogP) is 1.85. The van der Waals surface area contributed by atoms with Gasteiger partial charge in [0, 0.05) is 19.2 Å². The average Bonchev–Trinajstić information content (AvgIpc) is 3.27. The van der Waals surface area contributed by atoms with Crippen LogP contribution in [-0.4, -0.2) is 50.2 Å². The number of carbonyl (C=O) groups is 1. The van der Waals surface area contributed by atoms with Crippen LogP contribution in [0.1, 0.15) is 24.8 Å². The SMILES string of the molecule is CN(CCCOCCc1ccccc1)CC(=O)NC1CC1. The maximum absolute atomic E-state index is 11.6. The van der Waals surface area contributed by atoms with Gasteiger partial charge < -0.3 is 10.1 Å². The summed E-state index contributed by atoms with van der Waals surface area (Å²) in [6.45, 7) is 2.89. The Balaban J connectivity index is 1.44. The number of hydrogen-bond acceptors (Lipinski definition) is 3. The summed E-state index contributed by atoms with van der Waals surface area (Å²) in [5.74, 6) is 0.144. The van der Waals surface area contributed by atoms with E-state index in [1.54, 1.807) is 0 Å². The summed E-state index contributed by atoms with van der Waals surface area (Å²) in [4.78, 5) is 13.7. The van der Waals surface area contributed by atoms with Crippen LogP contribution in [0.25, 0.3) is 0 Å². The maximum Gasteiger partial charge on any atom is 0.234 e. The Morgan fingerprint density at radius 2 is 2.05 bits per heavy atom. The van der Waals surface area contributed by atoms with Crippen molar-refractivity contribution < 1.29 is 9.53 Å². The number of hydrogen-bond donors (Lipinski definition) is 1. The van der Waals surface area contributed by atoms with E-state index in [2.05, 4.69) is 34.5 Å². The first-order chi connectivity index (χ1) is 10.2. The van der Waals surface area contributed by atoms with Crippen LogP contribution in [0.5, 0.6) is 0 Å². The minimum Gasteiger partial charge on any atom is -0.381 e. The van der Waals surface area contributed by atoms with Gasteiger partial charge in [-0.25, -0.2) is 0 Å². The van der Waals surface area contributed by atoms with Gasteiger partial charge in [-0.05, 0) is 38.3 Å². The molecule has 0 spiro atoms. The topological polar surface area (TPSA) is 41.6 Å². The summed E-state index contributed by atoms with van der Waals surface area (Å²) in [5, 5.41) is 3.00. The largest absolute Gasteiger partial charge is 0.381 e. The van der Waals surface area contributed by atoms with Crippen molar-refractivity contribution in [3.05, 3.63) is 35.9 Å². The molecule has 1 fully saturated rings. The van der Waals surface area contributed by atoms with Crippen LogP contribution in [-0.2, 0) is 16.0 Å². The number of nitrogens with zero attached hydrogens (tertiary/aromatic N) is 1. The van der Waals surface area contributed by atoms with Gasteiger partial charge in [-0.3, -0.25) is 9.69 Å². The third-order valence-electron chi connectivity index (χ3n) is 3.56. The zero-order valence-corrected chi connectivity index (χ0v) is 12.9. The summed E-state index contributed by atoms with van der Waals surface area (Å²) >= 11 is 0. The molecule has 2 rings (SSSR count). The third-order valence-corrected chi connectivity index (χ3v) is 3.56. The molecule has 116 valence electrons. The average molecular weight is 290 g/mol. The smallest absolute Gasteiger partial charge is 0.234 e. The highest BCUT2D eigenvalue weighted by Gasteiger charge is 2.23. The number of amides is 1. The van der Waals surface area contributed by atoms with Crippen LogP contribution < -0.4 is 5.32 Å². The minimum absolute atomic E-state index is 0.144. The first-order valence-corrected chi connectivity index (χ1v) is 7.83. The van der Waals surface area contributed by atoms with Crippen LogP contribution in [0.3, 0.4) is 0 Å². The highest BCUT2D eigenvalue weighted by Crippen LogP contribution is 2.18. The van der Waals surface area contributed by atoms with Crippen molar-refractivity contribution in [1.29, 1.82) is 0 Å². The summed E-state index contributed by atoms with van der Waals surface area (Å²) in [7, 11) is 1.98. The lowest BCUT2D eigenvalue weighted by Gasteiger charge is -2.16. The summed E-state index contributed by atoms with van der Waals surface area (Å²) < 4.78 is 5.64. The van der Waals surface area contributed by atoms with Crippen molar-refractivity contribution in [1.82, 2.24) is 10.2 Å². The fourth-order valence-electron chi connectivity index (χ4n) is 2.20. The van der Waals surface area contributed by atoms with Crippen molar-refractivity contribution in [2.75, 3.05) is 33.4 Å². The Hall–Kier alpha value is -1.39. The molecule has 1 aromatic carbocycles. The fourth-order valence-corrected chi connectivity index (χ4v) is 2.20. The Bertz CT molecular complexity index is 418. The van der Waals surface area contributed by atoms with E-state index in [4.69, 9.17) is 4.74 Å². The van der Waals surface area contributed by atoms with Gasteiger partial charge in [0.25, 0.3) is 0 Å². The molecule has 1 aliphatic carbocycles. The molecule has 0 unspecified atom stereocenters. The van der Waals surface area contributed by atoms with Crippen molar-refractivity contribution in [3.63, 3.8) is 0 Å². The van der Waals surface area contributed by atoms with Crippen molar-refractivity contribution in [2.45, 2.75) is 31.7 Å². The van der Waals surface area contributed by atoms with E-state index in [0.717, 1.165) is 45.4 Å². The molecule has 0 bridgehead atoms. The van der Waals surface area contributed by atoms with Gasteiger partial charge in [0.1, 0.15) is 0 Å². The van der Waals surface area contributed by atoms with Crippen LogP contribution >= 0.6 is 0 Å². The normalized spacial score (nSPS) is 14.4.